The van der Waals surface area contributed by atoms with Crippen molar-refractivity contribution < 1.29 is 9.53 Å². The van der Waals surface area contributed by atoms with E-state index in [4.69, 9.17) is 10.5 Å². The quantitative estimate of drug-likeness (QED) is 0.806. The summed E-state index contributed by atoms with van der Waals surface area (Å²) >= 11 is 0. The minimum Gasteiger partial charge on any atom is -0.494 e. The number of anilines is 1. The maximum Gasteiger partial charge on any atom is 0.161 e. The number of rotatable bonds is 4. The second-order valence-corrected chi connectivity index (χ2v) is 7.66. The predicted molar refractivity (Wildman–Crippen MR) is 117 cm³/mol. The van der Waals surface area contributed by atoms with Gasteiger partial charge in [0.1, 0.15) is 11.6 Å². The molecule has 5 nitrogen and oxygen atoms in total. The van der Waals surface area contributed by atoms with Crippen LogP contribution < -0.4 is 15.4 Å². The standard InChI is InChI=1S/C25H25N3O2/c1-3-30-19-12-10-17(11-13-19)23-20(15-26)25(27)28(18-7-4-6-16(2)14-18)21-8-5-9-22(29)24(21)23/h4,6-7,10-14,23H,3,5,8-9,27H2,1-2H3. The molecule has 2 N–H and O–H groups in total. The summed E-state index contributed by atoms with van der Waals surface area (Å²) in [5, 5.41) is 10.1. The molecule has 1 unspecified atom stereocenters. The molecule has 2 aromatic rings. The largest absolute Gasteiger partial charge is 0.494 e. The van der Waals surface area contributed by atoms with Gasteiger partial charge >= 0.3 is 0 Å². The Kier molecular flexibility index (Phi) is 5.33. The van der Waals surface area contributed by atoms with Gasteiger partial charge in [-0.15, -0.1) is 0 Å². The number of carbonyl (C=O) groups is 1. The summed E-state index contributed by atoms with van der Waals surface area (Å²) < 4.78 is 5.55. The van der Waals surface area contributed by atoms with Gasteiger partial charge in [-0.1, -0.05) is 24.3 Å². The number of nitrogens with two attached hydrogens (primary N) is 1. The summed E-state index contributed by atoms with van der Waals surface area (Å²) in [6, 6.07) is 17.9. The number of hydrogen-bond acceptors (Lipinski definition) is 5. The first kappa shape index (κ1) is 19.8. The number of ketones is 1. The fraction of sp³-hybridized carbons (Fsp3) is 0.280. The summed E-state index contributed by atoms with van der Waals surface area (Å²) in [5.74, 6) is 0.802. The van der Waals surface area contributed by atoms with Gasteiger partial charge in [-0.05, 0) is 62.1 Å². The molecule has 0 saturated carbocycles. The van der Waals surface area contributed by atoms with E-state index in [0.29, 0.717) is 30.0 Å². The molecule has 0 radical (unpaired) electrons. The fourth-order valence-corrected chi connectivity index (χ4v) is 4.40. The van der Waals surface area contributed by atoms with Crippen LogP contribution in [0, 0.1) is 18.3 Å². The van der Waals surface area contributed by atoms with E-state index in [1.165, 1.54) is 0 Å². The van der Waals surface area contributed by atoms with Gasteiger partial charge in [0.25, 0.3) is 0 Å². The topological polar surface area (TPSA) is 79.3 Å². The van der Waals surface area contributed by atoms with Gasteiger partial charge in [-0.25, -0.2) is 0 Å². The molecule has 5 heteroatoms. The molecule has 1 aliphatic heterocycles. The predicted octanol–water partition coefficient (Wildman–Crippen LogP) is 4.70. The summed E-state index contributed by atoms with van der Waals surface area (Å²) in [6.45, 7) is 4.53. The molecule has 1 aliphatic carbocycles. The van der Waals surface area contributed by atoms with Crippen molar-refractivity contribution in [2.45, 2.75) is 39.0 Å². The average molecular weight is 399 g/mol. The molecule has 0 spiro atoms. The molecule has 2 aromatic carbocycles. The summed E-state index contributed by atoms with van der Waals surface area (Å²) in [5.41, 5.74) is 11.5. The first-order chi connectivity index (χ1) is 14.5. The van der Waals surface area contributed by atoms with Crippen molar-refractivity contribution in [1.82, 2.24) is 0 Å². The lowest BCUT2D eigenvalue weighted by Crippen LogP contribution is -2.38. The third kappa shape index (κ3) is 3.35. The normalized spacial score (nSPS) is 18.9. The Hall–Kier alpha value is -3.52. The van der Waals surface area contributed by atoms with E-state index >= 15 is 0 Å². The van der Waals surface area contributed by atoms with Gasteiger partial charge in [0, 0.05) is 23.4 Å². The molecule has 4 rings (SSSR count). The van der Waals surface area contributed by atoms with Gasteiger partial charge in [0.15, 0.2) is 5.78 Å². The van der Waals surface area contributed by atoms with Crippen molar-refractivity contribution in [3.05, 3.63) is 82.3 Å². The Morgan fingerprint density at radius 1 is 1.20 bits per heavy atom. The number of benzene rings is 2. The Labute approximate surface area is 177 Å². The Bertz CT molecular complexity index is 1090. The van der Waals surface area contributed by atoms with Gasteiger partial charge in [0.05, 0.1) is 24.2 Å². The Balaban J connectivity index is 1.90. The second kappa shape index (κ2) is 8.08. The number of nitriles is 1. The molecule has 1 heterocycles. The first-order valence-electron chi connectivity index (χ1n) is 10.3. The zero-order chi connectivity index (χ0) is 21.3. The fourth-order valence-electron chi connectivity index (χ4n) is 4.40. The third-order valence-corrected chi connectivity index (χ3v) is 5.70. The van der Waals surface area contributed by atoms with E-state index in [9.17, 15) is 10.1 Å². The van der Waals surface area contributed by atoms with E-state index in [2.05, 4.69) is 6.07 Å². The maximum atomic E-state index is 13.1. The molecule has 30 heavy (non-hydrogen) atoms. The van der Waals surface area contributed by atoms with Crippen molar-refractivity contribution in [1.29, 1.82) is 5.26 Å². The highest BCUT2D eigenvalue weighted by molar-refractivity contribution is 6.01. The number of ether oxygens (including phenoxy) is 1. The van der Waals surface area contributed by atoms with Crippen molar-refractivity contribution >= 4 is 11.5 Å². The smallest absolute Gasteiger partial charge is 0.161 e. The van der Waals surface area contributed by atoms with Crippen LogP contribution in [0.15, 0.2) is 71.2 Å². The van der Waals surface area contributed by atoms with E-state index in [1.807, 2.05) is 67.3 Å². The Morgan fingerprint density at radius 2 is 1.97 bits per heavy atom. The number of hydrogen-bond donors (Lipinski definition) is 1. The number of nitrogens with zero attached hydrogens (tertiary/aromatic N) is 2. The van der Waals surface area contributed by atoms with Crippen molar-refractivity contribution in [3.8, 4) is 11.8 Å². The number of aryl methyl sites for hydroxylation is 1. The van der Waals surface area contributed by atoms with E-state index in [0.717, 1.165) is 41.1 Å². The first-order valence-corrected chi connectivity index (χ1v) is 10.3. The highest BCUT2D eigenvalue weighted by Crippen LogP contribution is 2.46. The summed E-state index contributed by atoms with van der Waals surface area (Å²) in [4.78, 5) is 15.0. The van der Waals surface area contributed by atoms with E-state index < -0.39 is 5.92 Å². The lowest BCUT2D eigenvalue weighted by molar-refractivity contribution is -0.116. The lowest BCUT2D eigenvalue weighted by atomic mass is 9.75. The average Bonchev–Trinajstić information content (AvgIpc) is 2.74. The van der Waals surface area contributed by atoms with Crippen LogP contribution in [0.3, 0.4) is 0 Å². The zero-order valence-corrected chi connectivity index (χ0v) is 17.3. The molecule has 0 fully saturated rings. The lowest BCUT2D eigenvalue weighted by Gasteiger charge is -2.39. The van der Waals surface area contributed by atoms with Gasteiger partial charge in [-0.2, -0.15) is 5.26 Å². The summed E-state index contributed by atoms with van der Waals surface area (Å²) in [7, 11) is 0. The van der Waals surface area contributed by atoms with Crippen LogP contribution in [0.5, 0.6) is 5.75 Å². The monoisotopic (exact) mass is 399 g/mol. The van der Waals surface area contributed by atoms with Gasteiger partial charge in [0.2, 0.25) is 0 Å². The van der Waals surface area contributed by atoms with Crippen LogP contribution in [-0.4, -0.2) is 12.4 Å². The van der Waals surface area contributed by atoms with Crippen LogP contribution in [0.4, 0.5) is 5.69 Å². The number of Topliss-reactive ketones (excluding diaryl/α,β-unsaturated/α-hetero) is 1. The van der Waals surface area contributed by atoms with Crippen LogP contribution in [0.25, 0.3) is 0 Å². The highest BCUT2D eigenvalue weighted by Gasteiger charge is 2.40. The molecule has 152 valence electrons. The molecule has 0 amide bonds. The van der Waals surface area contributed by atoms with Gasteiger partial charge < -0.3 is 10.5 Å². The SMILES string of the molecule is CCOc1ccc(C2C(C#N)=C(N)N(c3cccc(C)c3)C3=C2C(=O)CCC3)cc1. The third-order valence-electron chi connectivity index (χ3n) is 5.70. The van der Waals surface area contributed by atoms with Crippen LogP contribution >= 0.6 is 0 Å². The van der Waals surface area contributed by atoms with Gasteiger partial charge in [-0.3, -0.25) is 9.69 Å². The molecule has 2 aliphatic rings. The highest BCUT2D eigenvalue weighted by atomic mass is 16.5. The van der Waals surface area contributed by atoms with Crippen LogP contribution in [0.1, 0.15) is 43.2 Å². The maximum absolute atomic E-state index is 13.1. The van der Waals surface area contributed by atoms with Crippen molar-refractivity contribution in [3.63, 3.8) is 0 Å². The molecule has 1 atom stereocenters. The zero-order valence-electron chi connectivity index (χ0n) is 17.3. The van der Waals surface area contributed by atoms with E-state index in [-0.39, 0.29) is 5.78 Å². The van der Waals surface area contributed by atoms with Crippen molar-refractivity contribution in [2.24, 2.45) is 5.73 Å². The molecular weight excluding hydrogens is 374 g/mol. The number of allylic oxidation sites excluding steroid dienone is 3. The molecular formula is C25H25N3O2. The molecule has 0 bridgehead atoms. The Morgan fingerprint density at radius 3 is 2.63 bits per heavy atom. The summed E-state index contributed by atoms with van der Waals surface area (Å²) in [6.07, 6.45) is 2.03. The molecule has 0 saturated heterocycles. The molecule has 0 aromatic heterocycles. The second-order valence-electron chi connectivity index (χ2n) is 7.66. The minimum atomic E-state index is -0.450. The van der Waals surface area contributed by atoms with Crippen molar-refractivity contribution in [2.75, 3.05) is 11.5 Å². The van der Waals surface area contributed by atoms with Crippen LogP contribution in [-0.2, 0) is 4.79 Å². The minimum absolute atomic E-state index is 0.0908. The number of carbonyl (C=O) groups excluding carboxylic acids is 1. The van der Waals surface area contributed by atoms with E-state index in [1.54, 1.807) is 0 Å². The van der Waals surface area contributed by atoms with Crippen LogP contribution in [0.2, 0.25) is 0 Å².